The van der Waals surface area contributed by atoms with Crippen LogP contribution in [0.25, 0.3) is 0 Å². The largest absolute Gasteiger partial charge is 0.889 e. The van der Waals surface area contributed by atoms with Crippen molar-refractivity contribution >= 4 is 12.6 Å². The van der Waals surface area contributed by atoms with Gasteiger partial charge >= 0.3 is 0 Å². The molecule has 0 saturated heterocycles. The summed E-state index contributed by atoms with van der Waals surface area (Å²) >= 11 is 0. The van der Waals surface area contributed by atoms with Crippen molar-refractivity contribution in [1.82, 2.24) is 0 Å². The molecule has 0 heterocycles. The highest BCUT2D eigenvalue weighted by Gasteiger charge is 1.96. The van der Waals surface area contributed by atoms with Gasteiger partial charge in [0.05, 0.1) is 13.1 Å². The number of hydrogen-bond acceptors (Lipinski definition) is 2. The Balaban J connectivity index is 0. The molecule has 0 aliphatic heterocycles. The van der Waals surface area contributed by atoms with Crippen molar-refractivity contribution in [2.45, 2.75) is 156 Å². The minimum Gasteiger partial charge on any atom is -0.889 e. The van der Waals surface area contributed by atoms with Gasteiger partial charge in [0.25, 0.3) is 0 Å². The number of quaternary nitrogens is 2. The molecule has 6 N–H and O–H groups in total. The molecule has 0 aromatic heterocycles. The van der Waals surface area contributed by atoms with Crippen molar-refractivity contribution in [2.24, 2.45) is 0 Å². The summed E-state index contributed by atoms with van der Waals surface area (Å²) in [6.07, 6.45) is 28.3. The lowest BCUT2D eigenvalue weighted by Crippen LogP contribution is -2.55. The monoisotopic (exact) mass is 521 g/mol. The number of rotatable bonds is 22. The molecule has 0 aliphatic rings. The van der Waals surface area contributed by atoms with Crippen molar-refractivity contribution in [3.05, 3.63) is 29.8 Å². The van der Waals surface area contributed by atoms with Gasteiger partial charge in [0.15, 0.2) is 0 Å². The molecule has 1 rings (SSSR count). The van der Waals surface area contributed by atoms with E-state index < -0.39 is 7.12 Å². The van der Waals surface area contributed by atoms with Gasteiger partial charge in [-0.15, -0.1) is 5.46 Å². The molecule has 0 fully saturated rings. The van der Waals surface area contributed by atoms with Crippen LogP contribution in [-0.4, -0.2) is 20.2 Å². The first-order chi connectivity index (χ1) is 18.1. The van der Waals surface area contributed by atoms with E-state index >= 15 is 0 Å². The van der Waals surface area contributed by atoms with Crippen LogP contribution in [0.3, 0.4) is 0 Å². The van der Waals surface area contributed by atoms with Gasteiger partial charge in [-0.25, -0.2) is 0 Å². The van der Waals surface area contributed by atoms with Crippen LogP contribution in [0.1, 0.15) is 155 Å². The highest BCUT2D eigenvalue weighted by atomic mass is 16.4. The second-order valence-electron chi connectivity index (χ2n) is 10.5. The second kappa shape index (κ2) is 33.2. The first kappa shape index (κ1) is 38.3. The molecule has 1 aromatic carbocycles. The topological polar surface area (TPSA) is 101 Å². The van der Waals surface area contributed by atoms with Crippen LogP contribution in [-0.2, 0) is 6.42 Å². The molecule has 0 saturated carbocycles. The Labute approximate surface area is 232 Å². The first-order valence-corrected chi connectivity index (χ1v) is 16.1. The molecule has 218 valence electrons. The van der Waals surface area contributed by atoms with Gasteiger partial charge in [-0.2, -0.15) is 0 Å². The predicted octanol–water partition coefficient (Wildman–Crippen LogP) is 4.96. The lowest BCUT2D eigenvalue weighted by molar-refractivity contribution is -0.368. The molecular formula is C32H65BN2O2. The third kappa shape index (κ3) is 31.2. The number of benzene rings is 1. The van der Waals surface area contributed by atoms with Crippen LogP contribution in [0.4, 0.5) is 0 Å². The Morgan fingerprint density at radius 3 is 1.11 bits per heavy atom. The third-order valence-electron chi connectivity index (χ3n) is 6.78. The summed E-state index contributed by atoms with van der Waals surface area (Å²) in [4.78, 5) is 0. The second-order valence-corrected chi connectivity index (χ2v) is 10.5. The Morgan fingerprint density at radius 1 is 0.486 bits per heavy atom. The fourth-order valence-corrected chi connectivity index (χ4v) is 4.22. The van der Waals surface area contributed by atoms with Crippen molar-refractivity contribution < 1.29 is 21.5 Å². The summed E-state index contributed by atoms with van der Waals surface area (Å²) in [7, 11) is -1.85. The van der Waals surface area contributed by atoms with Gasteiger partial charge in [0.1, 0.15) is 0 Å². The molecule has 1 aromatic rings. The third-order valence-corrected chi connectivity index (χ3v) is 6.78. The molecule has 5 heteroatoms. The van der Waals surface area contributed by atoms with Crippen LogP contribution in [0.2, 0.25) is 0 Å². The molecule has 0 aliphatic carbocycles. The zero-order chi connectivity index (χ0) is 27.8. The lowest BCUT2D eigenvalue weighted by atomic mass is 9.80. The summed E-state index contributed by atoms with van der Waals surface area (Å²) in [6.45, 7) is 8.89. The predicted molar refractivity (Wildman–Crippen MR) is 160 cm³/mol. The number of unbranched alkanes of at least 4 members (excludes halogenated alkanes) is 17. The van der Waals surface area contributed by atoms with Gasteiger partial charge in [-0.3, -0.25) is 0 Å². The van der Waals surface area contributed by atoms with Crippen molar-refractivity contribution in [1.29, 1.82) is 0 Å². The minimum atomic E-state index is -1.85. The average molecular weight is 521 g/mol. The molecule has 37 heavy (non-hydrogen) atoms. The summed E-state index contributed by atoms with van der Waals surface area (Å²) in [5, 5.41) is 21.6. The van der Waals surface area contributed by atoms with Crippen LogP contribution < -0.4 is 27.0 Å². The first-order valence-electron chi connectivity index (χ1n) is 16.1. The maximum absolute atomic E-state index is 10.8. The Hall–Kier alpha value is -0.875. The van der Waals surface area contributed by atoms with Crippen molar-refractivity contribution in [3.8, 4) is 0 Å². The number of aryl methyl sites for hydroxylation is 1. The lowest BCUT2D eigenvalue weighted by Gasteiger charge is -2.26. The van der Waals surface area contributed by atoms with Crippen LogP contribution in [0.15, 0.2) is 24.3 Å². The zero-order valence-electron chi connectivity index (χ0n) is 25.4. The molecule has 0 bridgehead atoms. The number of hydrogen-bond donors (Lipinski definition) is 2. The van der Waals surface area contributed by atoms with E-state index in [1.807, 2.05) is 12.1 Å². The van der Waals surface area contributed by atoms with Crippen molar-refractivity contribution in [2.75, 3.05) is 13.1 Å². The van der Waals surface area contributed by atoms with E-state index in [0.717, 1.165) is 19.5 Å². The standard InChI is InChI=1S/C22H37BO2.2C5H13N/c1-2-3-4-5-6-7-8-9-10-11-12-13-14-15-16-21-17-19-22(20-18-21)23(24)25;2*1-2-3-4-5-6/h17-20H,2-16H2,1H3;2*2-6H2,1H3/q-2;;/p+2. The van der Waals surface area contributed by atoms with E-state index in [1.165, 1.54) is 134 Å². The van der Waals surface area contributed by atoms with E-state index in [-0.39, 0.29) is 0 Å². The van der Waals surface area contributed by atoms with Gasteiger partial charge in [0.2, 0.25) is 0 Å². The summed E-state index contributed by atoms with van der Waals surface area (Å²) < 4.78 is 0. The highest BCUT2D eigenvalue weighted by Crippen LogP contribution is 2.13. The SMILES string of the molecule is CCCCCCCCCCCCCCCCc1ccc(B([O-])[O-])cc1.CCCCC[NH3+].CCCCC[NH3+]. The van der Waals surface area contributed by atoms with E-state index in [0.29, 0.717) is 5.46 Å². The smallest absolute Gasteiger partial charge is 0.0739 e. The maximum Gasteiger partial charge on any atom is 0.0739 e. The van der Waals surface area contributed by atoms with Gasteiger partial charge in [0, 0.05) is 0 Å². The van der Waals surface area contributed by atoms with E-state index in [9.17, 15) is 10.0 Å². The Kier molecular flexibility index (Phi) is 34.3. The molecule has 0 amide bonds. The van der Waals surface area contributed by atoms with Gasteiger partial charge < -0.3 is 21.5 Å². The van der Waals surface area contributed by atoms with E-state index in [2.05, 4.69) is 32.2 Å². The summed E-state index contributed by atoms with van der Waals surface area (Å²) in [5.41, 5.74) is 9.04. The molecular weight excluding hydrogens is 455 g/mol. The van der Waals surface area contributed by atoms with Crippen LogP contribution >= 0.6 is 0 Å². The minimum absolute atomic E-state index is 0.352. The Bertz CT molecular complexity index is 510. The Morgan fingerprint density at radius 2 is 0.811 bits per heavy atom. The van der Waals surface area contributed by atoms with Crippen molar-refractivity contribution in [3.63, 3.8) is 0 Å². The van der Waals surface area contributed by atoms with Crippen LogP contribution in [0, 0.1) is 0 Å². The van der Waals surface area contributed by atoms with Gasteiger partial charge in [-0.05, 0) is 44.1 Å². The molecule has 0 spiro atoms. The fourth-order valence-electron chi connectivity index (χ4n) is 4.22. The van der Waals surface area contributed by atoms with E-state index in [1.54, 1.807) is 12.1 Å². The maximum atomic E-state index is 10.8. The normalized spacial score (nSPS) is 10.4. The van der Waals surface area contributed by atoms with Crippen LogP contribution in [0.5, 0.6) is 0 Å². The molecule has 4 nitrogen and oxygen atoms in total. The summed E-state index contributed by atoms with van der Waals surface area (Å²) in [5.74, 6) is 0. The van der Waals surface area contributed by atoms with E-state index in [4.69, 9.17) is 0 Å². The van der Waals surface area contributed by atoms with Gasteiger partial charge in [-0.1, -0.05) is 148 Å². The average Bonchev–Trinajstić information content (AvgIpc) is 2.92. The fraction of sp³-hybridized carbons (Fsp3) is 0.812. The molecule has 0 unspecified atom stereocenters. The summed E-state index contributed by atoms with van der Waals surface area (Å²) in [6, 6.07) is 7.23. The highest BCUT2D eigenvalue weighted by molar-refractivity contribution is 6.55. The quantitative estimate of drug-likeness (QED) is 0.167. The molecule has 0 atom stereocenters. The molecule has 0 radical (unpaired) electrons. The zero-order valence-corrected chi connectivity index (χ0v) is 25.4.